The van der Waals surface area contributed by atoms with Crippen molar-refractivity contribution in [3.63, 3.8) is 0 Å². The minimum absolute atomic E-state index is 0.0503. The average molecular weight is 320 g/mol. The topological polar surface area (TPSA) is 76.5 Å². The van der Waals surface area contributed by atoms with Crippen molar-refractivity contribution in [2.24, 2.45) is 7.05 Å². The normalized spacial score (nSPS) is 26.7. The Hall–Kier alpha value is -1.89. The molecule has 2 atom stereocenters. The van der Waals surface area contributed by atoms with Gasteiger partial charge in [0.25, 0.3) is 5.91 Å². The van der Waals surface area contributed by atoms with Crippen molar-refractivity contribution in [2.75, 3.05) is 13.1 Å². The average Bonchev–Trinajstić information content (AvgIpc) is 2.72. The van der Waals surface area contributed by atoms with Gasteiger partial charge in [0.15, 0.2) is 0 Å². The van der Waals surface area contributed by atoms with Gasteiger partial charge in [0, 0.05) is 25.6 Å². The van der Waals surface area contributed by atoms with Gasteiger partial charge >= 0.3 is 0 Å². The summed E-state index contributed by atoms with van der Waals surface area (Å²) in [7, 11) is 1.78. The summed E-state index contributed by atoms with van der Waals surface area (Å²) in [6.45, 7) is 8.36. The number of hydrogen-bond acceptors (Lipinski definition) is 4. The molecule has 1 saturated heterocycles. The molecule has 2 aliphatic rings. The molecule has 1 fully saturated rings. The van der Waals surface area contributed by atoms with Crippen LogP contribution in [0.4, 0.5) is 0 Å². The maximum absolute atomic E-state index is 13.0. The van der Waals surface area contributed by atoms with Gasteiger partial charge in [-0.25, -0.2) is 0 Å². The Kier molecular flexibility index (Phi) is 3.71. The Morgan fingerprint density at radius 3 is 2.74 bits per heavy atom. The van der Waals surface area contributed by atoms with Crippen LogP contribution in [0.25, 0.3) is 0 Å². The zero-order valence-corrected chi connectivity index (χ0v) is 14.3. The number of aryl methyl sites for hydroxylation is 1. The van der Waals surface area contributed by atoms with Crippen LogP contribution >= 0.6 is 0 Å². The molecular weight excluding hydrogens is 296 g/mol. The van der Waals surface area contributed by atoms with Gasteiger partial charge < -0.3 is 15.0 Å². The highest BCUT2D eigenvalue weighted by Crippen LogP contribution is 2.32. The number of piperazine rings is 1. The molecule has 2 aliphatic heterocycles. The van der Waals surface area contributed by atoms with E-state index in [9.17, 15) is 9.59 Å². The van der Waals surface area contributed by atoms with Crippen molar-refractivity contribution in [3.8, 4) is 0 Å². The highest BCUT2D eigenvalue weighted by atomic mass is 16.5. The summed E-state index contributed by atoms with van der Waals surface area (Å²) < 4.78 is 7.42. The van der Waals surface area contributed by atoms with E-state index in [-0.39, 0.29) is 30.6 Å². The number of aromatic nitrogens is 2. The molecule has 0 radical (unpaired) electrons. The molecule has 2 amide bonds. The third-order valence-electron chi connectivity index (χ3n) is 4.38. The predicted molar refractivity (Wildman–Crippen MR) is 84.0 cm³/mol. The quantitative estimate of drug-likeness (QED) is 0.830. The third-order valence-corrected chi connectivity index (χ3v) is 4.38. The van der Waals surface area contributed by atoms with E-state index >= 15 is 0 Å². The second-order valence-corrected chi connectivity index (χ2v) is 7.22. The molecule has 7 nitrogen and oxygen atoms in total. The molecule has 1 aromatic rings. The summed E-state index contributed by atoms with van der Waals surface area (Å²) in [5.74, 6) is -0.263. The van der Waals surface area contributed by atoms with E-state index in [1.165, 1.54) is 0 Å². The fourth-order valence-corrected chi connectivity index (χ4v) is 3.59. The van der Waals surface area contributed by atoms with E-state index in [2.05, 4.69) is 10.4 Å². The van der Waals surface area contributed by atoms with Crippen molar-refractivity contribution in [3.05, 3.63) is 17.0 Å². The van der Waals surface area contributed by atoms with Gasteiger partial charge in [-0.2, -0.15) is 5.10 Å². The lowest BCUT2D eigenvalue weighted by Gasteiger charge is -2.38. The second kappa shape index (κ2) is 5.33. The number of amides is 2. The Labute approximate surface area is 136 Å². The van der Waals surface area contributed by atoms with Crippen LogP contribution < -0.4 is 5.32 Å². The van der Waals surface area contributed by atoms with Crippen LogP contribution in [0.3, 0.4) is 0 Å². The van der Waals surface area contributed by atoms with Crippen molar-refractivity contribution in [1.82, 2.24) is 20.0 Å². The maximum atomic E-state index is 13.0. The third kappa shape index (κ3) is 2.85. The highest BCUT2D eigenvalue weighted by molar-refractivity contribution is 5.97. The van der Waals surface area contributed by atoms with Gasteiger partial charge in [0.05, 0.1) is 30.0 Å². The van der Waals surface area contributed by atoms with Gasteiger partial charge in [-0.3, -0.25) is 14.3 Å². The second-order valence-electron chi connectivity index (χ2n) is 7.22. The number of carbonyl (C=O) groups is 2. The van der Waals surface area contributed by atoms with Gasteiger partial charge in [-0.05, 0) is 27.7 Å². The first kappa shape index (κ1) is 16.0. The van der Waals surface area contributed by atoms with Gasteiger partial charge in [-0.15, -0.1) is 0 Å². The molecule has 0 aromatic carbocycles. The minimum atomic E-state index is -0.423. The van der Waals surface area contributed by atoms with Crippen molar-refractivity contribution in [2.45, 2.75) is 51.9 Å². The van der Waals surface area contributed by atoms with Gasteiger partial charge in [0.1, 0.15) is 5.69 Å². The Balaban J connectivity index is 1.96. The molecule has 0 aliphatic carbocycles. The number of carbonyl (C=O) groups excluding carboxylic acids is 2. The van der Waals surface area contributed by atoms with Crippen LogP contribution in [-0.2, 0) is 23.0 Å². The SMILES string of the molecule is C[C@@H]1Cc2c(nn(C)c2C(=O)N2CC(=O)NC(C)(C)C2)[C@H](C)O1. The standard InChI is InChI=1S/C16H24N4O3/c1-9-6-11-13(10(2)23-9)18-19(5)14(11)15(22)20-7-12(21)17-16(3,4)8-20/h9-10H,6-8H2,1-5H3,(H,17,21)/t9-,10+/m1/s1. The first-order valence-electron chi connectivity index (χ1n) is 7.99. The summed E-state index contributed by atoms with van der Waals surface area (Å²) in [6, 6.07) is 0. The number of fused-ring (bicyclic) bond motifs is 1. The molecule has 3 rings (SSSR count). The van der Waals surface area contributed by atoms with Crippen molar-refractivity contribution < 1.29 is 14.3 Å². The minimum Gasteiger partial charge on any atom is -0.369 e. The number of nitrogens with zero attached hydrogens (tertiary/aromatic N) is 3. The molecule has 0 saturated carbocycles. The van der Waals surface area contributed by atoms with Crippen LogP contribution in [0, 0.1) is 0 Å². The summed E-state index contributed by atoms with van der Waals surface area (Å²) in [5.41, 5.74) is 1.93. The number of ether oxygens (including phenoxy) is 1. The summed E-state index contributed by atoms with van der Waals surface area (Å²) >= 11 is 0. The van der Waals surface area contributed by atoms with E-state index in [1.807, 2.05) is 27.7 Å². The van der Waals surface area contributed by atoms with Crippen LogP contribution in [0.1, 0.15) is 55.5 Å². The Bertz CT molecular complexity index is 665. The van der Waals surface area contributed by atoms with E-state index in [0.29, 0.717) is 18.7 Å². The Morgan fingerprint density at radius 1 is 1.39 bits per heavy atom. The van der Waals surface area contributed by atoms with E-state index in [4.69, 9.17) is 4.74 Å². The lowest BCUT2D eigenvalue weighted by Crippen LogP contribution is -2.61. The molecule has 3 heterocycles. The van der Waals surface area contributed by atoms with Crippen molar-refractivity contribution in [1.29, 1.82) is 0 Å². The van der Waals surface area contributed by atoms with Crippen LogP contribution in [0.2, 0.25) is 0 Å². The maximum Gasteiger partial charge on any atom is 0.272 e. The van der Waals surface area contributed by atoms with Crippen LogP contribution in [0.5, 0.6) is 0 Å². The molecule has 126 valence electrons. The van der Waals surface area contributed by atoms with Gasteiger partial charge in [0.2, 0.25) is 5.91 Å². The fraction of sp³-hybridized carbons (Fsp3) is 0.688. The first-order chi connectivity index (χ1) is 10.7. The molecule has 1 N–H and O–H groups in total. The first-order valence-corrected chi connectivity index (χ1v) is 7.99. The predicted octanol–water partition coefficient (Wildman–Crippen LogP) is 0.793. The van der Waals surface area contributed by atoms with Crippen LogP contribution in [-0.4, -0.2) is 51.2 Å². The molecule has 0 unspecified atom stereocenters. The number of nitrogens with one attached hydrogen (secondary N) is 1. The number of hydrogen-bond donors (Lipinski definition) is 1. The van der Waals surface area contributed by atoms with E-state index in [1.54, 1.807) is 16.6 Å². The lowest BCUT2D eigenvalue weighted by atomic mass is 9.97. The summed E-state index contributed by atoms with van der Waals surface area (Å²) in [4.78, 5) is 26.6. The fourth-order valence-electron chi connectivity index (χ4n) is 3.59. The molecule has 23 heavy (non-hydrogen) atoms. The molecule has 0 bridgehead atoms. The monoisotopic (exact) mass is 320 g/mol. The Morgan fingerprint density at radius 2 is 2.09 bits per heavy atom. The van der Waals surface area contributed by atoms with Gasteiger partial charge in [-0.1, -0.05) is 0 Å². The largest absolute Gasteiger partial charge is 0.369 e. The summed E-state index contributed by atoms with van der Waals surface area (Å²) in [6.07, 6.45) is 0.592. The molecule has 7 heteroatoms. The smallest absolute Gasteiger partial charge is 0.272 e. The zero-order valence-electron chi connectivity index (χ0n) is 14.3. The summed E-state index contributed by atoms with van der Waals surface area (Å²) in [5, 5.41) is 7.38. The van der Waals surface area contributed by atoms with Crippen LogP contribution in [0.15, 0.2) is 0 Å². The van der Waals surface area contributed by atoms with E-state index < -0.39 is 5.54 Å². The highest BCUT2D eigenvalue weighted by Gasteiger charge is 2.37. The number of rotatable bonds is 1. The lowest BCUT2D eigenvalue weighted by molar-refractivity contribution is -0.126. The molecular formula is C16H24N4O3. The van der Waals surface area contributed by atoms with Crippen molar-refractivity contribution >= 4 is 11.8 Å². The van der Waals surface area contributed by atoms with E-state index in [0.717, 1.165) is 11.3 Å². The molecule has 1 aromatic heterocycles. The zero-order chi connectivity index (χ0) is 16.9. The molecule has 0 spiro atoms.